The van der Waals surface area contributed by atoms with E-state index in [0.717, 1.165) is 13.1 Å². The zero-order valence-electron chi connectivity index (χ0n) is 9.37. The number of imidazole rings is 1. The maximum Gasteiger partial charge on any atom is 0.250 e. The highest BCUT2D eigenvalue weighted by Crippen LogP contribution is 2.11. The number of carbonyl (C=O) groups is 1. The van der Waals surface area contributed by atoms with Crippen molar-refractivity contribution in [2.45, 2.75) is 6.04 Å². The van der Waals surface area contributed by atoms with Crippen molar-refractivity contribution in [1.29, 1.82) is 0 Å². The van der Waals surface area contributed by atoms with E-state index >= 15 is 0 Å². The van der Waals surface area contributed by atoms with Crippen LogP contribution in [0.15, 0.2) is 18.6 Å². The first-order valence-corrected chi connectivity index (χ1v) is 5.40. The van der Waals surface area contributed by atoms with E-state index in [0.29, 0.717) is 17.6 Å². The van der Waals surface area contributed by atoms with E-state index in [9.17, 15) is 4.79 Å². The first-order valence-electron chi connectivity index (χ1n) is 5.40. The van der Waals surface area contributed by atoms with Crippen LogP contribution in [0.5, 0.6) is 0 Å². The van der Waals surface area contributed by atoms with Crippen LogP contribution in [0.4, 0.5) is 0 Å². The first-order chi connectivity index (χ1) is 8.25. The van der Waals surface area contributed by atoms with Gasteiger partial charge in [0.05, 0.1) is 12.2 Å². The van der Waals surface area contributed by atoms with E-state index in [1.165, 1.54) is 0 Å². The molecule has 88 valence electrons. The summed E-state index contributed by atoms with van der Waals surface area (Å²) in [4.78, 5) is 16.1. The molecule has 2 aromatic heterocycles. The fourth-order valence-electron chi connectivity index (χ4n) is 1.72. The number of aromatic nitrogens is 5. The van der Waals surface area contributed by atoms with Gasteiger partial charge in [0.1, 0.15) is 0 Å². The summed E-state index contributed by atoms with van der Waals surface area (Å²) in [6, 6.07) is 0.311. The summed E-state index contributed by atoms with van der Waals surface area (Å²) < 4.78 is 3.40. The molecular formula is C10H12N6O. The first kappa shape index (κ1) is 10.2. The molecule has 0 radical (unpaired) electrons. The Hall–Kier alpha value is -2.02. The van der Waals surface area contributed by atoms with Crippen molar-refractivity contribution in [3.8, 4) is 0 Å². The monoisotopic (exact) mass is 232 g/mol. The molecule has 2 aromatic rings. The average molecular weight is 232 g/mol. The molecule has 0 aromatic carbocycles. The fourth-order valence-corrected chi connectivity index (χ4v) is 1.72. The highest BCUT2D eigenvalue weighted by molar-refractivity contribution is 6.05. The predicted octanol–water partition coefficient (Wildman–Crippen LogP) is -0.613. The van der Waals surface area contributed by atoms with Crippen LogP contribution in [0.2, 0.25) is 0 Å². The van der Waals surface area contributed by atoms with Crippen LogP contribution in [-0.2, 0) is 7.05 Å². The Bertz CT molecular complexity index is 553. The third kappa shape index (κ3) is 1.64. The smallest absolute Gasteiger partial charge is 0.250 e. The molecule has 0 saturated carbocycles. The molecule has 0 atom stereocenters. The van der Waals surface area contributed by atoms with Crippen LogP contribution >= 0.6 is 0 Å². The molecule has 0 amide bonds. The molecule has 3 heterocycles. The number of aryl methyl sites for hydroxylation is 1. The van der Waals surface area contributed by atoms with Gasteiger partial charge in [0.15, 0.2) is 11.5 Å². The van der Waals surface area contributed by atoms with Gasteiger partial charge in [0, 0.05) is 32.5 Å². The quantitative estimate of drug-likeness (QED) is 0.714. The van der Waals surface area contributed by atoms with Crippen molar-refractivity contribution >= 4 is 5.78 Å². The lowest BCUT2D eigenvalue weighted by atomic mass is 10.2. The minimum atomic E-state index is -0.198. The molecule has 1 aliphatic heterocycles. The Balaban J connectivity index is 1.86. The van der Waals surface area contributed by atoms with Crippen molar-refractivity contribution in [3.05, 3.63) is 30.1 Å². The summed E-state index contributed by atoms with van der Waals surface area (Å²) >= 11 is 0. The second kappa shape index (κ2) is 3.77. The Kier molecular flexibility index (Phi) is 2.25. The standard InChI is InChI=1S/C10H12N6O/c1-15-3-2-12-10(15)9(17)8-6-16(14-13-8)7-4-11-5-7/h2-3,6-7,11H,4-5H2,1H3. The van der Waals surface area contributed by atoms with Crippen LogP contribution in [0, 0.1) is 0 Å². The van der Waals surface area contributed by atoms with Crippen molar-refractivity contribution in [2.75, 3.05) is 13.1 Å². The van der Waals surface area contributed by atoms with Gasteiger partial charge < -0.3 is 9.88 Å². The van der Waals surface area contributed by atoms with Crippen LogP contribution < -0.4 is 5.32 Å². The molecule has 1 N–H and O–H groups in total. The molecule has 7 heteroatoms. The van der Waals surface area contributed by atoms with E-state index in [1.807, 2.05) is 0 Å². The molecule has 1 fully saturated rings. The minimum Gasteiger partial charge on any atom is -0.331 e. The topological polar surface area (TPSA) is 77.6 Å². The molecule has 0 bridgehead atoms. The van der Waals surface area contributed by atoms with E-state index < -0.39 is 0 Å². The average Bonchev–Trinajstić information content (AvgIpc) is 2.84. The van der Waals surface area contributed by atoms with Crippen LogP contribution in [0.1, 0.15) is 22.4 Å². The van der Waals surface area contributed by atoms with Crippen molar-refractivity contribution in [3.63, 3.8) is 0 Å². The van der Waals surface area contributed by atoms with E-state index in [4.69, 9.17) is 0 Å². The van der Waals surface area contributed by atoms with Crippen LogP contribution in [0.25, 0.3) is 0 Å². The normalized spacial score (nSPS) is 15.8. The highest BCUT2D eigenvalue weighted by atomic mass is 16.1. The van der Waals surface area contributed by atoms with E-state index in [1.54, 1.807) is 34.9 Å². The van der Waals surface area contributed by atoms with Gasteiger partial charge in [-0.15, -0.1) is 5.10 Å². The largest absolute Gasteiger partial charge is 0.331 e. The number of rotatable bonds is 3. The van der Waals surface area contributed by atoms with Crippen LogP contribution in [-0.4, -0.2) is 43.4 Å². The third-order valence-corrected chi connectivity index (χ3v) is 2.90. The van der Waals surface area contributed by atoms with Gasteiger partial charge >= 0.3 is 0 Å². The number of ketones is 1. The summed E-state index contributed by atoms with van der Waals surface area (Å²) in [6.45, 7) is 1.75. The third-order valence-electron chi connectivity index (χ3n) is 2.90. The molecule has 0 unspecified atom stereocenters. The lowest BCUT2D eigenvalue weighted by molar-refractivity contribution is 0.102. The fraction of sp³-hybridized carbons (Fsp3) is 0.400. The maximum absolute atomic E-state index is 12.1. The number of nitrogens with zero attached hydrogens (tertiary/aromatic N) is 5. The lowest BCUT2D eigenvalue weighted by Crippen LogP contribution is -2.43. The summed E-state index contributed by atoms with van der Waals surface area (Å²) in [5.41, 5.74) is 0.339. The Morgan fingerprint density at radius 2 is 2.35 bits per heavy atom. The van der Waals surface area contributed by atoms with E-state index in [2.05, 4.69) is 20.6 Å². The number of carbonyl (C=O) groups excluding carboxylic acids is 1. The van der Waals surface area contributed by atoms with Crippen molar-refractivity contribution < 1.29 is 4.79 Å². The molecule has 17 heavy (non-hydrogen) atoms. The number of hydrogen-bond donors (Lipinski definition) is 1. The van der Waals surface area contributed by atoms with Gasteiger partial charge in [-0.25, -0.2) is 9.67 Å². The van der Waals surface area contributed by atoms with Gasteiger partial charge in [-0.05, 0) is 0 Å². The summed E-state index contributed by atoms with van der Waals surface area (Å²) in [6.07, 6.45) is 5.00. The highest BCUT2D eigenvalue weighted by Gasteiger charge is 2.23. The van der Waals surface area contributed by atoms with Crippen molar-refractivity contribution in [1.82, 2.24) is 29.9 Å². The zero-order valence-corrected chi connectivity index (χ0v) is 9.37. The van der Waals surface area contributed by atoms with Gasteiger partial charge in [-0.2, -0.15) is 0 Å². The van der Waals surface area contributed by atoms with Crippen LogP contribution in [0.3, 0.4) is 0 Å². The predicted molar refractivity (Wildman–Crippen MR) is 58.6 cm³/mol. The van der Waals surface area contributed by atoms with E-state index in [-0.39, 0.29) is 5.78 Å². The molecule has 3 rings (SSSR count). The molecule has 7 nitrogen and oxygen atoms in total. The molecule has 1 aliphatic rings. The Morgan fingerprint density at radius 3 is 2.94 bits per heavy atom. The van der Waals surface area contributed by atoms with Gasteiger partial charge in [0.25, 0.3) is 0 Å². The van der Waals surface area contributed by atoms with Gasteiger partial charge in [-0.3, -0.25) is 4.79 Å². The zero-order chi connectivity index (χ0) is 11.8. The van der Waals surface area contributed by atoms with Gasteiger partial charge in [-0.1, -0.05) is 5.21 Å². The van der Waals surface area contributed by atoms with Crippen molar-refractivity contribution in [2.24, 2.45) is 7.05 Å². The number of hydrogen-bond acceptors (Lipinski definition) is 5. The molecule has 0 aliphatic carbocycles. The molecule has 1 saturated heterocycles. The minimum absolute atomic E-state index is 0.198. The van der Waals surface area contributed by atoms with Gasteiger partial charge in [0.2, 0.25) is 5.78 Å². The SMILES string of the molecule is Cn1ccnc1C(=O)c1cn(C2CNC2)nn1. The Labute approximate surface area is 97.5 Å². The Morgan fingerprint density at radius 1 is 1.53 bits per heavy atom. The molecule has 0 spiro atoms. The second-order valence-corrected chi connectivity index (χ2v) is 4.09. The summed E-state index contributed by atoms with van der Waals surface area (Å²) in [5.74, 6) is 0.180. The second-order valence-electron chi connectivity index (χ2n) is 4.09. The maximum atomic E-state index is 12.1. The lowest BCUT2D eigenvalue weighted by Gasteiger charge is -2.26. The summed E-state index contributed by atoms with van der Waals surface area (Å²) in [7, 11) is 1.78. The summed E-state index contributed by atoms with van der Waals surface area (Å²) in [5, 5.41) is 11.0. The molecular weight excluding hydrogens is 220 g/mol. The number of nitrogens with one attached hydrogen (secondary N) is 1.